The summed E-state index contributed by atoms with van der Waals surface area (Å²) in [7, 11) is 0. The van der Waals surface area contributed by atoms with E-state index < -0.39 is 11.8 Å². The Bertz CT molecular complexity index is 1170. The number of carboxylic acid groups (broad SMARTS) is 1. The van der Waals surface area contributed by atoms with Crippen LogP contribution in [0.4, 0.5) is 4.39 Å². The molecule has 0 aliphatic heterocycles. The van der Waals surface area contributed by atoms with Crippen LogP contribution in [-0.2, 0) is 29.0 Å². The fraction of sp³-hybridized carbons (Fsp3) is 0.304. The average molecular weight is 445 g/mol. The van der Waals surface area contributed by atoms with E-state index in [-0.39, 0.29) is 30.1 Å². The van der Waals surface area contributed by atoms with Gasteiger partial charge in [0.1, 0.15) is 18.1 Å². The summed E-state index contributed by atoms with van der Waals surface area (Å²) >= 11 is 6.26. The third-order valence-electron chi connectivity index (χ3n) is 5.59. The Balaban J connectivity index is 1.53. The van der Waals surface area contributed by atoms with Gasteiger partial charge in [0.2, 0.25) is 0 Å². The quantitative estimate of drug-likeness (QED) is 0.604. The normalized spacial score (nSPS) is 15.5. The van der Waals surface area contributed by atoms with Gasteiger partial charge in [-0.2, -0.15) is 0 Å². The molecule has 0 saturated carbocycles. The predicted octanol–water partition coefficient (Wildman–Crippen LogP) is 3.88. The number of fused-ring (bicyclic) bond motifs is 3. The summed E-state index contributed by atoms with van der Waals surface area (Å²) in [5.41, 5.74) is 3.12. The maximum absolute atomic E-state index is 14.0. The first-order valence-electron chi connectivity index (χ1n) is 10.0. The van der Waals surface area contributed by atoms with Crippen LogP contribution in [0.3, 0.4) is 0 Å². The number of rotatable bonds is 6. The van der Waals surface area contributed by atoms with Gasteiger partial charge in [0, 0.05) is 17.1 Å². The van der Waals surface area contributed by atoms with E-state index in [2.05, 4.69) is 5.32 Å². The van der Waals surface area contributed by atoms with Crippen molar-refractivity contribution in [1.29, 1.82) is 0 Å². The summed E-state index contributed by atoms with van der Waals surface area (Å²) in [6.45, 7) is 1.56. The Morgan fingerprint density at radius 3 is 2.84 bits per heavy atom. The first-order chi connectivity index (χ1) is 14.8. The standard InChI is InChI=1S/C23H22ClFN2O4/c1-13-4-2-3-5-20(13)31-12-21(28)26-15-6-7-19-16(10-15)17-8-14(25)9-18(24)23(17)27(19)11-22(29)30/h2-5,8-9,15H,6-7,10-12H2,1H3,(H,26,28)(H,29,30)/t15-/m1/s1. The van der Waals surface area contributed by atoms with Crippen molar-refractivity contribution < 1.29 is 23.8 Å². The third kappa shape index (κ3) is 4.37. The lowest BCUT2D eigenvalue weighted by molar-refractivity contribution is -0.137. The van der Waals surface area contributed by atoms with Gasteiger partial charge in [-0.25, -0.2) is 4.39 Å². The summed E-state index contributed by atoms with van der Waals surface area (Å²) in [5, 5.41) is 13.1. The molecule has 0 unspecified atom stereocenters. The second-order valence-corrected chi connectivity index (χ2v) is 8.16. The van der Waals surface area contributed by atoms with E-state index >= 15 is 0 Å². The van der Waals surface area contributed by atoms with Gasteiger partial charge in [-0.15, -0.1) is 0 Å². The number of hydrogen-bond acceptors (Lipinski definition) is 3. The second-order valence-electron chi connectivity index (χ2n) is 7.75. The largest absolute Gasteiger partial charge is 0.484 e. The molecule has 0 radical (unpaired) electrons. The highest BCUT2D eigenvalue weighted by molar-refractivity contribution is 6.35. The molecule has 3 aromatic rings. The zero-order valence-corrected chi connectivity index (χ0v) is 17.7. The smallest absolute Gasteiger partial charge is 0.323 e. The fourth-order valence-corrected chi connectivity index (χ4v) is 4.57. The number of halogens is 2. The number of benzene rings is 2. The number of carbonyl (C=O) groups excluding carboxylic acids is 1. The number of para-hydroxylation sites is 1. The van der Waals surface area contributed by atoms with Crippen LogP contribution < -0.4 is 10.1 Å². The van der Waals surface area contributed by atoms with E-state index in [0.29, 0.717) is 35.9 Å². The molecule has 4 rings (SSSR count). The summed E-state index contributed by atoms with van der Waals surface area (Å²) in [4.78, 5) is 23.8. The summed E-state index contributed by atoms with van der Waals surface area (Å²) in [6.07, 6.45) is 1.66. The Morgan fingerprint density at radius 1 is 1.32 bits per heavy atom. The minimum Gasteiger partial charge on any atom is -0.484 e. The maximum atomic E-state index is 14.0. The minimum atomic E-state index is -0.996. The van der Waals surface area contributed by atoms with Crippen LogP contribution in [0.2, 0.25) is 5.02 Å². The van der Waals surface area contributed by atoms with E-state index in [1.807, 2.05) is 31.2 Å². The highest BCUT2D eigenvalue weighted by Crippen LogP contribution is 2.36. The highest BCUT2D eigenvalue weighted by Gasteiger charge is 2.28. The molecule has 1 atom stereocenters. The maximum Gasteiger partial charge on any atom is 0.323 e. The highest BCUT2D eigenvalue weighted by atomic mass is 35.5. The molecule has 1 amide bonds. The predicted molar refractivity (Wildman–Crippen MR) is 115 cm³/mol. The molecule has 0 spiro atoms. The van der Waals surface area contributed by atoms with Gasteiger partial charge in [-0.1, -0.05) is 29.8 Å². The number of aromatic nitrogens is 1. The first-order valence-corrected chi connectivity index (χ1v) is 10.4. The average Bonchev–Trinajstić information content (AvgIpc) is 3.00. The molecule has 1 aromatic heterocycles. The zero-order chi connectivity index (χ0) is 22.1. The van der Waals surface area contributed by atoms with E-state index in [1.54, 1.807) is 4.57 Å². The number of amides is 1. The lowest BCUT2D eigenvalue weighted by Crippen LogP contribution is -2.41. The Kier molecular flexibility index (Phi) is 5.87. The number of ether oxygens (including phenoxy) is 1. The van der Waals surface area contributed by atoms with Gasteiger partial charge in [0.15, 0.2) is 6.61 Å². The van der Waals surface area contributed by atoms with Crippen LogP contribution in [0.5, 0.6) is 5.75 Å². The molecule has 162 valence electrons. The third-order valence-corrected chi connectivity index (χ3v) is 5.88. The number of aryl methyl sites for hydroxylation is 1. The molecule has 1 aliphatic rings. The topological polar surface area (TPSA) is 80.6 Å². The van der Waals surface area contributed by atoms with Crippen molar-refractivity contribution in [3.63, 3.8) is 0 Å². The second kappa shape index (κ2) is 8.59. The number of nitrogens with zero attached hydrogens (tertiary/aromatic N) is 1. The van der Waals surface area contributed by atoms with Gasteiger partial charge >= 0.3 is 5.97 Å². The van der Waals surface area contributed by atoms with Gasteiger partial charge < -0.3 is 19.7 Å². The first kappa shape index (κ1) is 21.2. The van der Waals surface area contributed by atoms with Gasteiger partial charge in [0.05, 0.1) is 10.5 Å². The lowest BCUT2D eigenvalue weighted by atomic mass is 9.91. The number of carboxylic acids is 1. The van der Waals surface area contributed by atoms with E-state index in [0.717, 1.165) is 16.8 Å². The molecule has 6 nitrogen and oxygen atoms in total. The Hall–Kier alpha value is -3.06. The fourth-order valence-electron chi connectivity index (χ4n) is 4.26. The number of nitrogens with one attached hydrogen (secondary N) is 1. The van der Waals surface area contributed by atoms with Crippen LogP contribution in [-0.4, -0.2) is 34.2 Å². The summed E-state index contributed by atoms with van der Waals surface area (Å²) < 4.78 is 21.3. The van der Waals surface area contributed by atoms with Crippen molar-refractivity contribution in [2.45, 2.75) is 38.8 Å². The van der Waals surface area contributed by atoms with Crippen LogP contribution in [0.25, 0.3) is 10.9 Å². The molecule has 8 heteroatoms. The van der Waals surface area contributed by atoms with Gasteiger partial charge in [-0.3, -0.25) is 9.59 Å². The molecule has 31 heavy (non-hydrogen) atoms. The molecule has 2 N–H and O–H groups in total. The van der Waals surface area contributed by atoms with Crippen LogP contribution in [0, 0.1) is 12.7 Å². The van der Waals surface area contributed by atoms with Crippen molar-refractivity contribution in [2.75, 3.05) is 6.61 Å². The summed E-state index contributed by atoms with van der Waals surface area (Å²) in [5.74, 6) is -1.06. The molecular weight excluding hydrogens is 423 g/mol. The number of carbonyl (C=O) groups is 2. The zero-order valence-electron chi connectivity index (χ0n) is 17.0. The molecule has 0 saturated heterocycles. The monoisotopic (exact) mass is 444 g/mol. The van der Waals surface area contributed by atoms with Crippen molar-refractivity contribution in [3.05, 3.63) is 64.1 Å². The van der Waals surface area contributed by atoms with E-state index in [4.69, 9.17) is 16.3 Å². The Labute approximate surface area is 183 Å². The van der Waals surface area contributed by atoms with Crippen LogP contribution in [0.15, 0.2) is 36.4 Å². The van der Waals surface area contributed by atoms with Crippen molar-refractivity contribution in [2.24, 2.45) is 0 Å². The van der Waals surface area contributed by atoms with E-state index in [9.17, 15) is 19.1 Å². The van der Waals surface area contributed by atoms with Gasteiger partial charge in [-0.05, 0) is 55.5 Å². The lowest BCUT2D eigenvalue weighted by Gasteiger charge is -2.25. The van der Waals surface area contributed by atoms with Crippen molar-refractivity contribution in [3.8, 4) is 5.75 Å². The van der Waals surface area contributed by atoms with Crippen LogP contribution in [0.1, 0.15) is 23.2 Å². The molecule has 0 bridgehead atoms. The number of aliphatic carboxylic acids is 1. The van der Waals surface area contributed by atoms with Crippen molar-refractivity contribution in [1.82, 2.24) is 9.88 Å². The summed E-state index contributed by atoms with van der Waals surface area (Å²) in [6, 6.07) is 9.88. The van der Waals surface area contributed by atoms with E-state index in [1.165, 1.54) is 12.1 Å². The molecule has 0 fully saturated rings. The molecule has 1 heterocycles. The number of hydrogen-bond donors (Lipinski definition) is 2. The molecule has 2 aromatic carbocycles. The SMILES string of the molecule is Cc1ccccc1OCC(=O)N[C@@H]1CCc2c(c3cc(F)cc(Cl)c3n2CC(=O)O)C1. The van der Waals surface area contributed by atoms with Crippen LogP contribution >= 0.6 is 11.6 Å². The Morgan fingerprint density at radius 2 is 2.10 bits per heavy atom. The minimum absolute atomic E-state index is 0.102. The van der Waals surface area contributed by atoms with Crippen molar-refractivity contribution >= 4 is 34.4 Å². The molecular formula is C23H22ClFN2O4. The molecule has 1 aliphatic carbocycles. The van der Waals surface area contributed by atoms with Gasteiger partial charge in [0.25, 0.3) is 5.91 Å².